The molecule has 0 spiro atoms. The number of rotatable bonds is 6. The van der Waals surface area contributed by atoms with Crippen molar-refractivity contribution in [3.05, 3.63) is 63.2 Å². The average molecular weight is 452 g/mol. The maximum absolute atomic E-state index is 12.5. The van der Waals surface area contributed by atoms with Gasteiger partial charge in [0.25, 0.3) is 5.91 Å². The largest absolute Gasteiger partial charge is 0.480 e. The van der Waals surface area contributed by atoms with Gasteiger partial charge in [0, 0.05) is 16.9 Å². The van der Waals surface area contributed by atoms with Crippen molar-refractivity contribution in [2.75, 3.05) is 5.32 Å². The number of hydrogen-bond donors (Lipinski definition) is 3. The third kappa shape index (κ3) is 5.56. The molecule has 1 atom stereocenters. The summed E-state index contributed by atoms with van der Waals surface area (Å²) in [6.45, 7) is 1.34. The lowest BCUT2D eigenvalue weighted by molar-refractivity contribution is -0.139. The Morgan fingerprint density at radius 1 is 1.12 bits per heavy atom. The van der Waals surface area contributed by atoms with Crippen molar-refractivity contribution in [1.82, 2.24) is 5.32 Å². The molecule has 7 heteroatoms. The van der Waals surface area contributed by atoms with E-state index >= 15 is 0 Å². The minimum atomic E-state index is -1.12. The zero-order valence-corrected chi connectivity index (χ0v) is 15.6. The summed E-state index contributed by atoms with van der Waals surface area (Å²) >= 11 is 2.14. The highest BCUT2D eigenvalue weighted by Crippen LogP contribution is 2.16. The summed E-state index contributed by atoms with van der Waals surface area (Å²) in [7, 11) is 0. The third-order valence-electron chi connectivity index (χ3n) is 3.41. The number of halogens is 1. The van der Waals surface area contributed by atoms with Gasteiger partial charge in [-0.15, -0.1) is 0 Å². The van der Waals surface area contributed by atoms with Gasteiger partial charge in [-0.2, -0.15) is 0 Å². The van der Waals surface area contributed by atoms with Crippen molar-refractivity contribution in [3.8, 4) is 0 Å². The van der Waals surface area contributed by atoms with Crippen LogP contribution in [0.5, 0.6) is 0 Å². The van der Waals surface area contributed by atoms with E-state index in [1.165, 1.54) is 13.0 Å². The van der Waals surface area contributed by atoms with Crippen molar-refractivity contribution in [3.63, 3.8) is 0 Å². The van der Waals surface area contributed by atoms with Crippen molar-refractivity contribution in [2.24, 2.45) is 0 Å². The van der Waals surface area contributed by atoms with Gasteiger partial charge in [0.1, 0.15) is 6.04 Å². The number of hydrogen-bond acceptors (Lipinski definition) is 3. The van der Waals surface area contributed by atoms with E-state index in [9.17, 15) is 19.5 Å². The molecule has 0 radical (unpaired) electrons. The zero-order valence-electron chi connectivity index (χ0n) is 13.5. The van der Waals surface area contributed by atoms with Gasteiger partial charge in [-0.05, 0) is 52.4 Å². The van der Waals surface area contributed by atoms with Crippen LogP contribution in [-0.2, 0) is 16.0 Å². The fourth-order valence-electron chi connectivity index (χ4n) is 2.32. The molecule has 2 aromatic carbocycles. The highest BCUT2D eigenvalue weighted by atomic mass is 127. The first-order valence-electron chi connectivity index (χ1n) is 7.51. The summed E-state index contributed by atoms with van der Waals surface area (Å²) in [6.07, 6.45) is 0.167. The Kier molecular flexibility index (Phi) is 6.51. The van der Waals surface area contributed by atoms with Crippen LogP contribution in [0.1, 0.15) is 22.8 Å². The van der Waals surface area contributed by atoms with Gasteiger partial charge >= 0.3 is 5.97 Å². The van der Waals surface area contributed by atoms with Gasteiger partial charge in [-0.3, -0.25) is 9.59 Å². The molecule has 130 valence electrons. The van der Waals surface area contributed by atoms with E-state index in [-0.39, 0.29) is 17.9 Å². The van der Waals surface area contributed by atoms with E-state index in [1.807, 2.05) is 24.3 Å². The third-order valence-corrected chi connectivity index (χ3v) is 4.09. The molecular formula is C18H17IN2O4. The normalized spacial score (nSPS) is 11.4. The first-order valence-corrected chi connectivity index (χ1v) is 8.59. The van der Waals surface area contributed by atoms with Crippen LogP contribution in [0.2, 0.25) is 0 Å². The number of carboxylic acid groups (broad SMARTS) is 1. The molecule has 0 bridgehead atoms. The van der Waals surface area contributed by atoms with Crippen molar-refractivity contribution < 1.29 is 19.5 Å². The molecule has 0 unspecified atom stereocenters. The van der Waals surface area contributed by atoms with Crippen LogP contribution in [0.4, 0.5) is 5.69 Å². The lowest BCUT2D eigenvalue weighted by Crippen LogP contribution is -2.42. The molecule has 0 saturated heterocycles. The molecule has 2 rings (SSSR count). The second kappa shape index (κ2) is 8.61. The number of benzene rings is 2. The van der Waals surface area contributed by atoms with Crippen molar-refractivity contribution in [1.29, 1.82) is 0 Å². The number of carbonyl (C=O) groups is 3. The molecule has 0 aliphatic heterocycles. The minimum absolute atomic E-state index is 0.167. The van der Waals surface area contributed by atoms with Gasteiger partial charge in [0.2, 0.25) is 5.91 Å². The standard InChI is InChI=1S/C18H17IN2O4/c1-11(22)20-15-8-3-2-7-14(15)17(23)21-16(18(24)25)10-12-5-4-6-13(19)9-12/h2-9,16H,10H2,1H3,(H,20,22)(H,21,23)(H,24,25)/t16-/m1/s1. The van der Waals surface area contributed by atoms with Crippen LogP contribution in [0.15, 0.2) is 48.5 Å². The lowest BCUT2D eigenvalue weighted by atomic mass is 10.1. The first kappa shape index (κ1) is 18.9. The van der Waals surface area contributed by atoms with Crippen LogP contribution in [0, 0.1) is 3.57 Å². The Labute approximate surface area is 158 Å². The lowest BCUT2D eigenvalue weighted by Gasteiger charge is -2.16. The average Bonchev–Trinajstić information content (AvgIpc) is 2.54. The molecule has 2 amide bonds. The zero-order chi connectivity index (χ0) is 18.4. The summed E-state index contributed by atoms with van der Waals surface area (Å²) in [5, 5.41) is 14.5. The maximum Gasteiger partial charge on any atom is 0.326 e. The summed E-state index contributed by atoms with van der Waals surface area (Å²) in [4.78, 5) is 35.3. The minimum Gasteiger partial charge on any atom is -0.480 e. The van der Waals surface area contributed by atoms with Crippen molar-refractivity contribution >= 4 is 46.1 Å². The van der Waals surface area contributed by atoms with E-state index in [1.54, 1.807) is 18.2 Å². The summed E-state index contributed by atoms with van der Waals surface area (Å²) < 4.78 is 0.988. The molecule has 0 fully saturated rings. The van der Waals surface area contributed by atoms with E-state index in [0.29, 0.717) is 5.69 Å². The molecule has 6 nitrogen and oxygen atoms in total. The van der Waals surface area contributed by atoms with E-state index in [4.69, 9.17) is 0 Å². The molecule has 3 N–H and O–H groups in total. The Balaban J connectivity index is 2.18. The molecule has 25 heavy (non-hydrogen) atoms. The smallest absolute Gasteiger partial charge is 0.326 e. The summed E-state index contributed by atoms with van der Waals surface area (Å²) in [6, 6.07) is 12.8. The summed E-state index contributed by atoms with van der Waals surface area (Å²) in [5.74, 6) is -1.99. The van der Waals surface area contributed by atoms with Gasteiger partial charge in [0.05, 0.1) is 11.3 Å². The van der Waals surface area contributed by atoms with Gasteiger partial charge < -0.3 is 15.7 Å². The van der Waals surface area contributed by atoms with Crippen LogP contribution in [-0.4, -0.2) is 28.9 Å². The highest BCUT2D eigenvalue weighted by Gasteiger charge is 2.22. The Morgan fingerprint density at radius 2 is 1.84 bits per heavy atom. The molecule has 0 aliphatic rings. The Morgan fingerprint density at radius 3 is 2.48 bits per heavy atom. The van der Waals surface area contributed by atoms with Gasteiger partial charge in [-0.25, -0.2) is 4.79 Å². The molecule has 0 aliphatic carbocycles. The number of anilines is 1. The van der Waals surface area contributed by atoms with Gasteiger partial charge in [0.15, 0.2) is 0 Å². The second-order valence-electron chi connectivity index (χ2n) is 5.43. The molecule has 0 heterocycles. The number of carbonyl (C=O) groups excluding carboxylic acids is 2. The van der Waals surface area contributed by atoms with E-state index in [2.05, 4.69) is 33.2 Å². The fraction of sp³-hybridized carbons (Fsp3) is 0.167. The van der Waals surface area contributed by atoms with Crippen LogP contribution >= 0.6 is 22.6 Å². The highest BCUT2D eigenvalue weighted by molar-refractivity contribution is 14.1. The topological polar surface area (TPSA) is 95.5 Å². The Bertz CT molecular complexity index is 807. The fourth-order valence-corrected chi connectivity index (χ4v) is 2.92. The SMILES string of the molecule is CC(=O)Nc1ccccc1C(=O)N[C@H](Cc1cccc(I)c1)C(=O)O. The van der Waals surface area contributed by atoms with Gasteiger partial charge in [-0.1, -0.05) is 24.3 Å². The predicted molar refractivity (Wildman–Crippen MR) is 102 cm³/mol. The van der Waals surface area contributed by atoms with Crippen LogP contribution < -0.4 is 10.6 Å². The quantitative estimate of drug-likeness (QED) is 0.588. The van der Waals surface area contributed by atoms with E-state index in [0.717, 1.165) is 9.13 Å². The predicted octanol–water partition coefficient (Wildman–Crippen LogP) is 2.68. The summed E-state index contributed by atoms with van der Waals surface area (Å²) in [5.41, 5.74) is 1.37. The number of carboxylic acids is 1. The number of amides is 2. The Hall–Kier alpha value is -2.42. The molecule has 0 aromatic heterocycles. The van der Waals surface area contributed by atoms with Crippen LogP contribution in [0.25, 0.3) is 0 Å². The van der Waals surface area contributed by atoms with E-state index < -0.39 is 17.9 Å². The van der Waals surface area contributed by atoms with Crippen LogP contribution in [0.3, 0.4) is 0 Å². The first-order chi connectivity index (χ1) is 11.9. The second-order valence-corrected chi connectivity index (χ2v) is 6.67. The number of para-hydroxylation sites is 1. The molecule has 2 aromatic rings. The van der Waals surface area contributed by atoms with Crippen molar-refractivity contribution in [2.45, 2.75) is 19.4 Å². The monoisotopic (exact) mass is 452 g/mol. The molecule has 0 saturated carbocycles. The molecular weight excluding hydrogens is 435 g/mol. The number of aliphatic carboxylic acids is 1. The number of nitrogens with one attached hydrogen (secondary N) is 2. The maximum atomic E-state index is 12.5.